The van der Waals surface area contributed by atoms with Gasteiger partial charge in [-0.3, -0.25) is 9.59 Å². The van der Waals surface area contributed by atoms with E-state index in [1.54, 1.807) is 36.3 Å². The fraction of sp³-hybridized carbons (Fsp3) is 0.167. The molecule has 0 fully saturated rings. The highest BCUT2D eigenvalue weighted by Crippen LogP contribution is 2.26. The molecule has 4 aromatic rings. The van der Waals surface area contributed by atoms with Gasteiger partial charge in [0.1, 0.15) is 5.75 Å². The van der Waals surface area contributed by atoms with Gasteiger partial charge in [-0.1, -0.05) is 12.1 Å². The van der Waals surface area contributed by atoms with Crippen LogP contribution in [0.15, 0.2) is 70.1 Å². The lowest BCUT2D eigenvalue weighted by Crippen LogP contribution is -2.33. The Bertz CT molecular complexity index is 1270. The number of methoxy groups -OCH3 is 1. The summed E-state index contributed by atoms with van der Waals surface area (Å²) in [5, 5.41) is 0.858. The number of hydrogen-bond acceptors (Lipinski definition) is 4. The van der Waals surface area contributed by atoms with Gasteiger partial charge in [0.2, 0.25) is 0 Å². The Balaban J connectivity index is 1.80. The minimum Gasteiger partial charge on any atom is -0.497 e. The highest BCUT2D eigenvalue weighted by Gasteiger charge is 2.23. The molecule has 0 unspecified atom stereocenters. The minimum absolute atomic E-state index is 0.112. The summed E-state index contributed by atoms with van der Waals surface area (Å²) in [7, 11) is 1.58. The predicted octanol–water partition coefficient (Wildman–Crippen LogP) is 4.59. The largest absolute Gasteiger partial charge is 0.497 e. The van der Waals surface area contributed by atoms with Gasteiger partial charge in [-0.05, 0) is 66.8 Å². The van der Waals surface area contributed by atoms with Crippen LogP contribution in [0.25, 0.3) is 10.9 Å². The first-order chi connectivity index (χ1) is 14.5. The fourth-order valence-corrected chi connectivity index (χ4v) is 3.45. The first-order valence-electron chi connectivity index (χ1n) is 9.59. The summed E-state index contributed by atoms with van der Waals surface area (Å²) in [6, 6.07) is 16.5. The number of anilines is 1. The molecule has 2 aromatic heterocycles. The van der Waals surface area contributed by atoms with Crippen LogP contribution in [-0.2, 0) is 6.54 Å². The molecule has 2 aromatic carbocycles. The molecule has 0 aliphatic carbocycles. The van der Waals surface area contributed by atoms with E-state index in [4.69, 9.17) is 9.15 Å². The summed E-state index contributed by atoms with van der Waals surface area (Å²) in [6.07, 6.45) is 1.46. The number of nitrogens with zero attached hydrogens (tertiary/aromatic N) is 1. The van der Waals surface area contributed by atoms with E-state index >= 15 is 0 Å². The van der Waals surface area contributed by atoms with Crippen LogP contribution in [0.4, 0.5) is 5.69 Å². The summed E-state index contributed by atoms with van der Waals surface area (Å²) >= 11 is 0. The molecule has 1 amide bonds. The molecule has 0 radical (unpaired) electrons. The van der Waals surface area contributed by atoms with Gasteiger partial charge in [0.05, 0.1) is 25.4 Å². The molecule has 1 N–H and O–H groups in total. The van der Waals surface area contributed by atoms with Gasteiger partial charge in [-0.15, -0.1) is 0 Å². The quantitative estimate of drug-likeness (QED) is 0.530. The third kappa shape index (κ3) is 3.72. The standard InChI is InChI=1S/C24H22N2O4/c1-15-6-7-16(2)21(11-15)26(24(28)22-5-4-10-30-22)14-18-12-17-8-9-19(29-3)13-20(17)25-23(18)27/h4-13H,14H2,1-3H3,(H,25,27). The van der Waals surface area contributed by atoms with Crippen LogP contribution in [0.2, 0.25) is 0 Å². The molecule has 0 aliphatic heterocycles. The smallest absolute Gasteiger partial charge is 0.294 e. The van der Waals surface area contributed by atoms with Gasteiger partial charge in [0, 0.05) is 17.3 Å². The number of rotatable bonds is 5. The Morgan fingerprint density at radius 2 is 1.93 bits per heavy atom. The van der Waals surface area contributed by atoms with Gasteiger partial charge in [0.15, 0.2) is 5.76 Å². The number of fused-ring (bicyclic) bond motifs is 1. The van der Waals surface area contributed by atoms with E-state index in [0.29, 0.717) is 16.8 Å². The van der Waals surface area contributed by atoms with E-state index in [9.17, 15) is 9.59 Å². The minimum atomic E-state index is -0.303. The molecule has 0 bridgehead atoms. The second kappa shape index (κ2) is 7.91. The number of hydrogen-bond donors (Lipinski definition) is 1. The predicted molar refractivity (Wildman–Crippen MR) is 116 cm³/mol. The Morgan fingerprint density at radius 3 is 2.67 bits per heavy atom. The average molecular weight is 402 g/mol. The summed E-state index contributed by atoms with van der Waals surface area (Å²) in [5.74, 6) is 0.580. The van der Waals surface area contributed by atoms with Crippen molar-refractivity contribution in [2.75, 3.05) is 12.0 Å². The topological polar surface area (TPSA) is 75.5 Å². The van der Waals surface area contributed by atoms with E-state index in [1.165, 1.54) is 6.26 Å². The maximum Gasteiger partial charge on any atom is 0.294 e. The Labute approximate surface area is 173 Å². The van der Waals surface area contributed by atoms with Crippen molar-refractivity contribution in [2.24, 2.45) is 0 Å². The van der Waals surface area contributed by atoms with Crippen LogP contribution in [-0.4, -0.2) is 18.0 Å². The van der Waals surface area contributed by atoms with Crippen molar-refractivity contribution < 1.29 is 13.9 Å². The van der Waals surface area contributed by atoms with Crippen molar-refractivity contribution >= 4 is 22.5 Å². The van der Waals surface area contributed by atoms with Crippen molar-refractivity contribution in [3.8, 4) is 5.75 Å². The molecule has 152 valence electrons. The van der Waals surface area contributed by atoms with Crippen molar-refractivity contribution in [3.63, 3.8) is 0 Å². The summed E-state index contributed by atoms with van der Waals surface area (Å²) < 4.78 is 10.6. The van der Waals surface area contributed by atoms with Crippen LogP contribution in [0.1, 0.15) is 27.2 Å². The highest BCUT2D eigenvalue weighted by molar-refractivity contribution is 6.04. The number of ether oxygens (including phenoxy) is 1. The van der Waals surface area contributed by atoms with Gasteiger partial charge in [-0.2, -0.15) is 0 Å². The van der Waals surface area contributed by atoms with Gasteiger partial charge >= 0.3 is 0 Å². The van der Waals surface area contributed by atoms with Crippen LogP contribution in [0.3, 0.4) is 0 Å². The van der Waals surface area contributed by atoms with Crippen LogP contribution >= 0.6 is 0 Å². The molecule has 30 heavy (non-hydrogen) atoms. The number of furan rings is 1. The molecule has 2 heterocycles. The maximum absolute atomic E-state index is 13.2. The van der Waals surface area contributed by atoms with E-state index < -0.39 is 0 Å². The number of pyridine rings is 1. The zero-order valence-electron chi connectivity index (χ0n) is 17.1. The number of aryl methyl sites for hydroxylation is 2. The zero-order valence-corrected chi connectivity index (χ0v) is 17.1. The monoisotopic (exact) mass is 402 g/mol. The first-order valence-corrected chi connectivity index (χ1v) is 9.59. The summed E-state index contributed by atoms with van der Waals surface area (Å²) in [4.78, 5) is 30.5. The number of H-pyrrole nitrogens is 1. The number of aromatic amines is 1. The lowest BCUT2D eigenvalue weighted by Gasteiger charge is -2.24. The number of carbonyl (C=O) groups excluding carboxylic acids is 1. The number of benzene rings is 2. The normalized spacial score (nSPS) is 10.9. The Kier molecular flexibility index (Phi) is 5.14. The fourth-order valence-electron chi connectivity index (χ4n) is 3.45. The molecular weight excluding hydrogens is 380 g/mol. The van der Waals surface area contributed by atoms with Crippen molar-refractivity contribution in [2.45, 2.75) is 20.4 Å². The molecule has 6 nitrogen and oxygen atoms in total. The molecule has 0 aliphatic rings. The third-order valence-electron chi connectivity index (χ3n) is 5.09. The zero-order chi connectivity index (χ0) is 21.3. The number of amides is 1. The molecular formula is C24H22N2O4. The van der Waals surface area contributed by atoms with Crippen molar-refractivity contribution in [1.82, 2.24) is 4.98 Å². The van der Waals surface area contributed by atoms with Gasteiger partial charge in [-0.25, -0.2) is 0 Å². The van der Waals surface area contributed by atoms with Crippen LogP contribution in [0.5, 0.6) is 5.75 Å². The molecule has 6 heteroatoms. The van der Waals surface area contributed by atoms with E-state index in [2.05, 4.69) is 4.98 Å². The molecule has 0 spiro atoms. The first kappa shape index (κ1) is 19.5. The van der Waals surface area contributed by atoms with E-state index in [0.717, 1.165) is 22.2 Å². The second-order valence-corrected chi connectivity index (χ2v) is 7.24. The Hall–Kier alpha value is -3.80. The van der Waals surface area contributed by atoms with Crippen LogP contribution < -0.4 is 15.2 Å². The highest BCUT2D eigenvalue weighted by atomic mass is 16.5. The van der Waals surface area contributed by atoms with Crippen LogP contribution in [0, 0.1) is 13.8 Å². The number of nitrogens with one attached hydrogen (secondary N) is 1. The molecule has 0 saturated heterocycles. The Morgan fingerprint density at radius 1 is 1.10 bits per heavy atom. The SMILES string of the molecule is COc1ccc2cc(CN(C(=O)c3ccco3)c3cc(C)ccc3C)c(=O)[nH]c2c1. The third-order valence-corrected chi connectivity index (χ3v) is 5.09. The lowest BCUT2D eigenvalue weighted by molar-refractivity contribution is 0.0958. The van der Waals surface area contributed by atoms with Gasteiger partial charge in [0.25, 0.3) is 11.5 Å². The van der Waals surface area contributed by atoms with E-state index in [1.807, 2.05) is 44.2 Å². The number of aromatic nitrogens is 1. The summed E-state index contributed by atoms with van der Waals surface area (Å²) in [6.45, 7) is 4.02. The molecule has 4 rings (SSSR count). The maximum atomic E-state index is 13.2. The van der Waals surface area contributed by atoms with Gasteiger partial charge < -0.3 is 19.0 Å². The number of carbonyl (C=O) groups is 1. The molecule has 0 saturated carbocycles. The van der Waals surface area contributed by atoms with Crippen molar-refractivity contribution in [1.29, 1.82) is 0 Å². The molecule has 0 atom stereocenters. The lowest BCUT2D eigenvalue weighted by atomic mass is 10.1. The average Bonchev–Trinajstić information content (AvgIpc) is 3.28. The second-order valence-electron chi connectivity index (χ2n) is 7.24. The summed E-state index contributed by atoms with van der Waals surface area (Å²) in [5.41, 5.74) is 3.60. The van der Waals surface area contributed by atoms with E-state index in [-0.39, 0.29) is 23.8 Å². The van der Waals surface area contributed by atoms with Crippen molar-refractivity contribution in [3.05, 3.63) is 93.7 Å².